The molecular formula is C18H19ClN3O+. The molecule has 5 heteroatoms. The number of aromatic amines is 1. The van der Waals surface area contributed by atoms with Crippen LogP contribution in [0.25, 0.3) is 11.0 Å². The number of fused-ring (bicyclic) bond motifs is 1. The van der Waals surface area contributed by atoms with Crippen molar-refractivity contribution < 1.29 is 9.36 Å². The summed E-state index contributed by atoms with van der Waals surface area (Å²) >= 11 is 6.31. The molecule has 1 aromatic heterocycles. The molecular weight excluding hydrogens is 310 g/mol. The summed E-state index contributed by atoms with van der Waals surface area (Å²) in [5.74, 6) is 1.05. The molecule has 4 nitrogen and oxygen atoms in total. The van der Waals surface area contributed by atoms with Crippen LogP contribution in [0.3, 0.4) is 0 Å². The molecule has 0 unspecified atom stereocenters. The lowest BCUT2D eigenvalue weighted by Crippen LogP contribution is -2.39. The van der Waals surface area contributed by atoms with Gasteiger partial charge in [-0.15, -0.1) is 0 Å². The molecule has 0 atom stereocenters. The predicted octanol–water partition coefficient (Wildman–Crippen LogP) is 2.84. The number of nitrogens with zero attached hydrogens (tertiary/aromatic N) is 1. The van der Waals surface area contributed by atoms with Crippen molar-refractivity contribution in [3.05, 3.63) is 64.9 Å². The molecule has 0 saturated carbocycles. The normalized spacial score (nSPS) is 10.9. The molecule has 118 valence electrons. The number of amides is 1. The highest BCUT2D eigenvalue weighted by atomic mass is 35.5. The van der Waals surface area contributed by atoms with Crippen LogP contribution in [0.2, 0.25) is 5.02 Å². The first kappa shape index (κ1) is 15.6. The van der Waals surface area contributed by atoms with Crippen LogP contribution in [0.4, 0.5) is 0 Å². The van der Waals surface area contributed by atoms with Gasteiger partial charge in [-0.05, 0) is 18.2 Å². The molecule has 0 bridgehead atoms. The number of para-hydroxylation sites is 2. The Morgan fingerprint density at radius 1 is 1.17 bits per heavy atom. The molecule has 0 spiro atoms. The van der Waals surface area contributed by atoms with Gasteiger partial charge in [-0.25, -0.2) is 9.55 Å². The van der Waals surface area contributed by atoms with Crippen molar-refractivity contribution in [2.45, 2.75) is 19.9 Å². The summed E-state index contributed by atoms with van der Waals surface area (Å²) < 4.78 is 2.22. The number of nitrogens with one attached hydrogen (secondary N) is 2. The summed E-state index contributed by atoms with van der Waals surface area (Å²) in [4.78, 5) is 14.5. The van der Waals surface area contributed by atoms with E-state index in [1.54, 1.807) is 0 Å². The molecule has 23 heavy (non-hydrogen) atoms. The molecule has 0 aliphatic carbocycles. The maximum absolute atomic E-state index is 11.1. The standard InChI is InChI=1S/C18H18ClN3O/c1-13(23)20-11-10-18-21-16-8-4-5-9-17(16)22(18)12-14-6-2-3-7-15(14)19/h2-9H,10-12H2,1H3,(H,20,23)/p+1. The van der Waals surface area contributed by atoms with Gasteiger partial charge in [0.15, 0.2) is 11.0 Å². The Bertz CT molecular complexity index is 841. The van der Waals surface area contributed by atoms with Crippen molar-refractivity contribution in [2.24, 2.45) is 0 Å². The van der Waals surface area contributed by atoms with Crippen molar-refractivity contribution >= 4 is 28.5 Å². The van der Waals surface area contributed by atoms with E-state index in [1.165, 1.54) is 6.92 Å². The van der Waals surface area contributed by atoms with Gasteiger partial charge in [-0.1, -0.05) is 41.9 Å². The van der Waals surface area contributed by atoms with Crippen molar-refractivity contribution in [2.75, 3.05) is 6.54 Å². The number of rotatable bonds is 5. The molecule has 0 aliphatic heterocycles. The Morgan fingerprint density at radius 3 is 2.70 bits per heavy atom. The second-order valence-corrected chi connectivity index (χ2v) is 5.91. The highest BCUT2D eigenvalue weighted by Gasteiger charge is 2.19. The first-order valence-electron chi connectivity index (χ1n) is 7.62. The molecule has 0 aliphatic rings. The average molecular weight is 329 g/mol. The third kappa shape index (κ3) is 3.54. The Balaban J connectivity index is 1.95. The van der Waals surface area contributed by atoms with Crippen LogP contribution in [0, 0.1) is 0 Å². The van der Waals surface area contributed by atoms with E-state index in [1.807, 2.05) is 36.4 Å². The van der Waals surface area contributed by atoms with E-state index in [-0.39, 0.29) is 5.91 Å². The molecule has 3 aromatic rings. The maximum Gasteiger partial charge on any atom is 0.257 e. The van der Waals surface area contributed by atoms with Crippen LogP contribution in [-0.2, 0) is 17.8 Å². The Morgan fingerprint density at radius 2 is 1.91 bits per heavy atom. The number of hydrogen-bond donors (Lipinski definition) is 2. The predicted molar refractivity (Wildman–Crippen MR) is 91.4 cm³/mol. The third-order valence-electron chi connectivity index (χ3n) is 3.82. The summed E-state index contributed by atoms with van der Waals surface area (Å²) in [6.07, 6.45) is 0.735. The van der Waals surface area contributed by atoms with Gasteiger partial charge >= 0.3 is 0 Å². The highest BCUT2D eigenvalue weighted by molar-refractivity contribution is 6.31. The minimum Gasteiger partial charge on any atom is -0.356 e. The number of carbonyl (C=O) groups excluding carboxylic acids is 1. The molecule has 3 rings (SSSR count). The van der Waals surface area contributed by atoms with Crippen molar-refractivity contribution in [1.29, 1.82) is 0 Å². The smallest absolute Gasteiger partial charge is 0.257 e. The SMILES string of the molecule is CC(=O)NCCc1[nH]c2ccccc2[n+]1Cc1ccccc1Cl. The molecule has 0 fully saturated rings. The average Bonchev–Trinajstić information content (AvgIpc) is 2.87. The minimum atomic E-state index is -0.0150. The number of carbonyl (C=O) groups is 1. The lowest BCUT2D eigenvalue weighted by molar-refractivity contribution is -0.669. The zero-order chi connectivity index (χ0) is 16.2. The van der Waals surface area contributed by atoms with Crippen molar-refractivity contribution in [3.63, 3.8) is 0 Å². The van der Waals surface area contributed by atoms with E-state index in [2.05, 4.69) is 27.0 Å². The van der Waals surface area contributed by atoms with Crippen molar-refractivity contribution in [1.82, 2.24) is 10.3 Å². The zero-order valence-corrected chi connectivity index (χ0v) is 13.7. The number of imidazole rings is 1. The summed E-state index contributed by atoms with van der Waals surface area (Å²) in [7, 11) is 0. The van der Waals surface area contributed by atoms with Crippen molar-refractivity contribution in [3.8, 4) is 0 Å². The number of halogens is 1. The van der Waals surface area contributed by atoms with Crippen LogP contribution in [0.5, 0.6) is 0 Å². The highest BCUT2D eigenvalue weighted by Crippen LogP contribution is 2.16. The molecule has 0 radical (unpaired) electrons. The van der Waals surface area contributed by atoms with E-state index in [9.17, 15) is 4.79 Å². The van der Waals surface area contributed by atoms with Gasteiger partial charge < -0.3 is 5.32 Å². The molecule has 2 aromatic carbocycles. The first-order valence-corrected chi connectivity index (χ1v) is 8.00. The Labute approximate surface area is 140 Å². The van der Waals surface area contributed by atoms with Crippen LogP contribution in [0.1, 0.15) is 18.3 Å². The summed E-state index contributed by atoms with van der Waals surface area (Å²) in [5, 5.41) is 3.60. The molecule has 0 saturated heterocycles. The van der Waals surface area contributed by atoms with Gasteiger partial charge in [0.05, 0.1) is 6.42 Å². The summed E-state index contributed by atoms with van der Waals surface area (Å²) in [5.41, 5.74) is 3.28. The largest absolute Gasteiger partial charge is 0.356 e. The van der Waals surface area contributed by atoms with Crippen LogP contribution >= 0.6 is 11.6 Å². The van der Waals surface area contributed by atoms with Crippen LogP contribution in [-0.4, -0.2) is 17.4 Å². The number of hydrogen-bond acceptors (Lipinski definition) is 1. The van der Waals surface area contributed by atoms with Crippen LogP contribution < -0.4 is 9.88 Å². The van der Waals surface area contributed by atoms with Gasteiger partial charge in [0.1, 0.15) is 6.54 Å². The second-order valence-electron chi connectivity index (χ2n) is 5.50. The Hall–Kier alpha value is -2.33. The number of aromatic nitrogens is 2. The second kappa shape index (κ2) is 6.84. The van der Waals surface area contributed by atoms with E-state index in [0.717, 1.165) is 33.9 Å². The molecule has 2 N–H and O–H groups in total. The van der Waals surface area contributed by atoms with Gasteiger partial charge in [0.2, 0.25) is 5.91 Å². The minimum absolute atomic E-state index is 0.0150. The topological polar surface area (TPSA) is 48.8 Å². The number of H-pyrrole nitrogens is 1. The summed E-state index contributed by atoms with van der Waals surface area (Å²) in [6, 6.07) is 16.0. The Kier molecular flexibility index (Phi) is 4.63. The lowest BCUT2D eigenvalue weighted by Gasteiger charge is -2.05. The first-order chi connectivity index (χ1) is 11.1. The van der Waals surface area contributed by atoms with Gasteiger partial charge in [-0.3, -0.25) is 4.79 Å². The fourth-order valence-corrected chi connectivity index (χ4v) is 2.91. The number of benzene rings is 2. The van der Waals surface area contributed by atoms with Gasteiger partial charge in [0.25, 0.3) is 5.82 Å². The van der Waals surface area contributed by atoms with E-state index in [0.29, 0.717) is 13.1 Å². The van der Waals surface area contributed by atoms with E-state index < -0.39 is 0 Å². The third-order valence-corrected chi connectivity index (χ3v) is 4.19. The fraction of sp³-hybridized carbons (Fsp3) is 0.222. The fourth-order valence-electron chi connectivity index (χ4n) is 2.72. The van der Waals surface area contributed by atoms with E-state index in [4.69, 9.17) is 11.6 Å². The lowest BCUT2D eigenvalue weighted by atomic mass is 10.2. The molecule has 1 amide bonds. The van der Waals surface area contributed by atoms with Gasteiger partial charge in [0, 0.05) is 24.1 Å². The zero-order valence-electron chi connectivity index (χ0n) is 13.0. The van der Waals surface area contributed by atoms with Crippen LogP contribution in [0.15, 0.2) is 48.5 Å². The van der Waals surface area contributed by atoms with Gasteiger partial charge in [-0.2, -0.15) is 0 Å². The summed E-state index contributed by atoms with van der Waals surface area (Å²) in [6.45, 7) is 2.83. The van der Waals surface area contributed by atoms with E-state index >= 15 is 0 Å². The molecule has 1 heterocycles. The monoisotopic (exact) mass is 328 g/mol. The quantitative estimate of drug-likeness (QED) is 0.695. The maximum atomic E-state index is 11.1.